The summed E-state index contributed by atoms with van der Waals surface area (Å²) in [5.74, 6) is 0.536. The Kier molecular flexibility index (Phi) is 5.18. The molecule has 34 heavy (non-hydrogen) atoms. The molecule has 0 saturated carbocycles. The fourth-order valence-corrected chi connectivity index (χ4v) is 4.17. The van der Waals surface area contributed by atoms with Gasteiger partial charge in [0.2, 0.25) is 0 Å². The van der Waals surface area contributed by atoms with Crippen molar-refractivity contribution in [1.29, 1.82) is 0 Å². The first-order chi connectivity index (χ1) is 16.2. The monoisotopic (exact) mass is 467 g/mol. The van der Waals surface area contributed by atoms with Crippen LogP contribution in [0.5, 0.6) is 0 Å². The quantitative estimate of drug-likeness (QED) is 0.477. The minimum Gasteiger partial charge on any atom is -0.321 e. The summed E-state index contributed by atoms with van der Waals surface area (Å²) in [7, 11) is 1.86. The van der Waals surface area contributed by atoms with E-state index in [2.05, 4.69) is 25.4 Å². The third-order valence-corrected chi connectivity index (χ3v) is 6.04. The van der Waals surface area contributed by atoms with E-state index < -0.39 is 17.6 Å². The minimum absolute atomic E-state index is 0.0267. The third kappa shape index (κ3) is 3.82. The molecule has 4 aromatic rings. The Morgan fingerprint density at radius 3 is 2.74 bits per heavy atom. The molecule has 0 spiro atoms. The van der Waals surface area contributed by atoms with E-state index in [1.807, 2.05) is 24.6 Å². The fraction of sp³-hybridized carbons (Fsp3) is 0.261. The lowest BCUT2D eigenvalue weighted by Crippen LogP contribution is -2.24. The van der Waals surface area contributed by atoms with Crippen LogP contribution >= 0.6 is 0 Å². The molecule has 3 aromatic heterocycles. The largest absolute Gasteiger partial charge is 0.416 e. The second-order valence-corrected chi connectivity index (χ2v) is 8.31. The highest BCUT2D eigenvalue weighted by Gasteiger charge is 2.40. The number of aromatic amines is 1. The number of hydrogen-bond acceptors (Lipinski definition) is 5. The Labute approximate surface area is 192 Å². The average Bonchev–Trinajstić information content (AvgIpc) is 3.54. The van der Waals surface area contributed by atoms with E-state index in [9.17, 15) is 18.0 Å². The van der Waals surface area contributed by atoms with Gasteiger partial charge in [-0.15, -0.1) is 10.2 Å². The number of alkyl halides is 3. The van der Waals surface area contributed by atoms with E-state index >= 15 is 0 Å². The summed E-state index contributed by atoms with van der Waals surface area (Å²) in [6, 6.07) is 7.32. The van der Waals surface area contributed by atoms with Crippen molar-refractivity contribution in [2.75, 3.05) is 4.90 Å². The number of nitrogens with one attached hydrogen (secondary N) is 1. The van der Waals surface area contributed by atoms with Crippen LogP contribution in [0, 0.1) is 0 Å². The predicted molar refractivity (Wildman–Crippen MR) is 117 cm³/mol. The summed E-state index contributed by atoms with van der Waals surface area (Å²) in [4.78, 5) is 19.0. The van der Waals surface area contributed by atoms with Crippen molar-refractivity contribution in [2.45, 2.75) is 32.0 Å². The van der Waals surface area contributed by atoms with Crippen LogP contribution in [-0.4, -0.2) is 35.9 Å². The van der Waals surface area contributed by atoms with Crippen molar-refractivity contribution in [1.82, 2.24) is 29.9 Å². The van der Waals surface area contributed by atoms with Crippen LogP contribution in [0.25, 0.3) is 11.3 Å². The lowest BCUT2D eigenvalue weighted by atomic mass is 9.96. The maximum Gasteiger partial charge on any atom is 0.416 e. The van der Waals surface area contributed by atoms with Gasteiger partial charge in [-0.2, -0.15) is 18.3 Å². The highest BCUT2D eigenvalue weighted by atomic mass is 19.4. The maximum atomic E-state index is 13.6. The number of rotatable bonds is 5. The van der Waals surface area contributed by atoms with Crippen molar-refractivity contribution in [3.63, 3.8) is 0 Å². The molecule has 1 aromatic carbocycles. The van der Waals surface area contributed by atoms with Gasteiger partial charge in [0.05, 0.1) is 24.0 Å². The number of carbonyl (C=O) groups excluding carboxylic acids is 1. The molecule has 1 aliphatic rings. The standard InChI is InChI=1S/C23H20F3N7O/c1-13(6-21-31-29-12-32(21)2)14-7-19(15-9-27-28-10-15)30-20(8-14)33-11-17-16(22(33)34)4-3-5-18(17)23(24,25)26/h3-5,7-10,12-13H,6,11H2,1-2H3,(H,27,28). The lowest BCUT2D eigenvalue weighted by molar-refractivity contribution is -0.138. The zero-order valence-corrected chi connectivity index (χ0v) is 18.3. The second kappa shape index (κ2) is 8.08. The first-order valence-electron chi connectivity index (χ1n) is 10.6. The maximum absolute atomic E-state index is 13.6. The fourth-order valence-electron chi connectivity index (χ4n) is 4.17. The molecule has 1 aliphatic heterocycles. The molecule has 0 fully saturated rings. The Balaban J connectivity index is 1.56. The van der Waals surface area contributed by atoms with E-state index in [1.54, 1.807) is 24.8 Å². The third-order valence-electron chi connectivity index (χ3n) is 6.04. The van der Waals surface area contributed by atoms with E-state index in [4.69, 9.17) is 0 Å². The van der Waals surface area contributed by atoms with Gasteiger partial charge in [-0.25, -0.2) is 4.98 Å². The molecule has 0 aliphatic carbocycles. The molecular formula is C23H20F3N7O. The summed E-state index contributed by atoms with van der Waals surface area (Å²) in [5.41, 5.74) is 1.33. The number of hydrogen-bond donors (Lipinski definition) is 1. The average molecular weight is 467 g/mol. The van der Waals surface area contributed by atoms with E-state index in [0.717, 1.165) is 17.5 Å². The zero-order chi connectivity index (χ0) is 24.0. The zero-order valence-electron chi connectivity index (χ0n) is 18.3. The molecule has 1 amide bonds. The van der Waals surface area contributed by atoms with Gasteiger partial charge in [0, 0.05) is 30.8 Å². The molecule has 11 heteroatoms. The van der Waals surface area contributed by atoms with Crippen molar-refractivity contribution in [3.05, 3.63) is 77.1 Å². The van der Waals surface area contributed by atoms with Crippen molar-refractivity contribution in [2.24, 2.45) is 7.05 Å². The van der Waals surface area contributed by atoms with Gasteiger partial charge < -0.3 is 4.57 Å². The number of pyridine rings is 1. The van der Waals surface area contributed by atoms with Crippen LogP contribution in [-0.2, 0) is 26.2 Å². The van der Waals surface area contributed by atoms with Gasteiger partial charge in [-0.05, 0) is 41.3 Å². The molecular weight excluding hydrogens is 447 g/mol. The topological polar surface area (TPSA) is 92.6 Å². The van der Waals surface area contributed by atoms with Gasteiger partial charge in [0.25, 0.3) is 5.91 Å². The second-order valence-electron chi connectivity index (χ2n) is 8.31. The first kappa shape index (κ1) is 21.8. The number of benzene rings is 1. The predicted octanol–water partition coefficient (Wildman–Crippen LogP) is 4.13. The van der Waals surface area contributed by atoms with Gasteiger partial charge in [-0.3, -0.25) is 14.8 Å². The molecule has 1 unspecified atom stereocenters. The van der Waals surface area contributed by atoms with Crippen molar-refractivity contribution >= 4 is 11.7 Å². The number of carbonyl (C=O) groups is 1. The van der Waals surface area contributed by atoms with Crippen LogP contribution in [0.2, 0.25) is 0 Å². The van der Waals surface area contributed by atoms with Crippen LogP contribution in [0.1, 0.15) is 45.7 Å². The number of halogens is 3. The van der Waals surface area contributed by atoms with Gasteiger partial charge >= 0.3 is 6.18 Å². The highest BCUT2D eigenvalue weighted by Crippen LogP contribution is 2.39. The molecule has 0 radical (unpaired) electrons. The smallest absolute Gasteiger partial charge is 0.321 e. The molecule has 8 nitrogen and oxygen atoms in total. The summed E-state index contributed by atoms with van der Waals surface area (Å²) in [6.07, 6.45) is 0.924. The van der Waals surface area contributed by atoms with Gasteiger partial charge in [0.15, 0.2) is 0 Å². The van der Waals surface area contributed by atoms with Crippen LogP contribution in [0.3, 0.4) is 0 Å². The number of aromatic nitrogens is 6. The van der Waals surface area contributed by atoms with Gasteiger partial charge in [-0.1, -0.05) is 13.0 Å². The number of aryl methyl sites for hydroxylation is 1. The lowest BCUT2D eigenvalue weighted by Gasteiger charge is -2.20. The summed E-state index contributed by atoms with van der Waals surface area (Å²) >= 11 is 0. The summed E-state index contributed by atoms with van der Waals surface area (Å²) < 4.78 is 42.5. The molecule has 0 bridgehead atoms. The SMILES string of the molecule is CC(Cc1nncn1C)c1cc(-c2cn[nH]c2)nc(N2Cc3c(cccc3C(F)(F)F)C2=O)c1. The Hall–Kier alpha value is -4.02. The minimum atomic E-state index is -4.55. The van der Waals surface area contributed by atoms with Crippen LogP contribution in [0.4, 0.5) is 19.0 Å². The van der Waals surface area contributed by atoms with E-state index in [-0.39, 0.29) is 29.4 Å². The van der Waals surface area contributed by atoms with Crippen LogP contribution < -0.4 is 4.90 Å². The number of H-pyrrole nitrogens is 1. The molecule has 4 heterocycles. The van der Waals surface area contributed by atoms with Crippen LogP contribution in [0.15, 0.2) is 49.1 Å². The first-order valence-corrected chi connectivity index (χ1v) is 10.6. The number of fused-ring (bicyclic) bond motifs is 1. The Morgan fingerprint density at radius 2 is 2.06 bits per heavy atom. The number of amides is 1. The molecule has 5 rings (SSSR count). The summed E-state index contributed by atoms with van der Waals surface area (Å²) in [6.45, 7) is 1.80. The van der Waals surface area contributed by atoms with Crippen molar-refractivity contribution in [3.8, 4) is 11.3 Å². The molecule has 1 N–H and O–H groups in total. The molecule has 174 valence electrons. The van der Waals surface area contributed by atoms with Crippen molar-refractivity contribution < 1.29 is 18.0 Å². The molecule has 0 saturated heterocycles. The highest BCUT2D eigenvalue weighted by molar-refractivity contribution is 6.10. The Bertz CT molecular complexity index is 1360. The number of nitrogens with zero attached hydrogens (tertiary/aromatic N) is 6. The molecule has 1 atom stereocenters. The van der Waals surface area contributed by atoms with Gasteiger partial charge in [0.1, 0.15) is 18.0 Å². The number of anilines is 1. The summed E-state index contributed by atoms with van der Waals surface area (Å²) in [5, 5.41) is 14.8. The van der Waals surface area contributed by atoms with E-state index in [0.29, 0.717) is 17.7 Å². The van der Waals surface area contributed by atoms with E-state index in [1.165, 1.54) is 17.0 Å². The normalized spacial score (nSPS) is 14.5. The Morgan fingerprint density at radius 1 is 1.24 bits per heavy atom.